The Bertz CT molecular complexity index is 92.4. The molecule has 1 N–H and O–H groups in total. The maximum absolute atomic E-state index is 5.76. The highest BCUT2D eigenvalue weighted by Crippen LogP contribution is 1.97. The van der Waals surface area contributed by atoms with Crippen LogP contribution < -0.4 is 17.3 Å². The molecule has 1 rings (SSSR count). The van der Waals surface area contributed by atoms with Crippen LogP contribution >= 0.6 is 11.6 Å². The van der Waals surface area contributed by atoms with E-state index in [0.717, 1.165) is 6.42 Å². The van der Waals surface area contributed by atoms with Gasteiger partial charge in [0.15, 0.2) is 5.50 Å². The van der Waals surface area contributed by atoms with Gasteiger partial charge in [-0.05, 0) is 6.08 Å². The van der Waals surface area contributed by atoms with Crippen LogP contribution in [0.25, 0.3) is 0 Å². The number of halogens is 2. The summed E-state index contributed by atoms with van der Waals surface area (Å²) in [6, 6.07) is 0. The Hall–Kier alpha value is 0.280. The zero-order chi connectivity index (χ0) is 5.28. The predicted molar refractivity (Wildman–Crippen MR) is 30.3 cm³/mol. The van der Waals surface area contributed by atoms with Crippen LogP contribution in [0.2, 0.25) is 0 Å². The molecule has 1 aliphatic heterocycles. The van der Waals surface area contributed by atoms with Gasteiger partial charge in [-0.3, -0.25) is 4.90 Å². The van der Waals surface area contributed by atoms with Gasteiger partial charge in [0.25, 0.3) is 0 Å². The molecule has 0 saturated heterocycles. The maximum atomic E-state index is 5.76. The van der Waals surface area contributed by atoms with E-state index in [4.69, 9.17) is 11.6 Å². The summed E-state index contributed by atoms with van der Waals surface area (Å²) in [5, 5.41) is 0. The highest BCUT2D eigenvalue weighted by atomic mass is 35.5. The molecule has 1 nitrogen and oxygen atoms in total. The van der Waals surface area contributed by atoms with Gasteiger partial charge in [0.1, 0.15) is 0 Å². The van der Waals surface area contributed by atoms with Crippen LogP contribution in [0.5, 0.6) is 0 Å². The second kappa shape index (κ2) is 3.33. The van der Waals surface area contributed by atoms with E-state index in [1.165, 1.54) is 4.90 Å². The Morgan fingerprint density at radius 2 is 2.38 bits per heavy atom. The van der Waals surface area contributed by atoms with Crippen LogP contribution in [0.3, 0.4) is 0 Å². The van der Waals surface area contributed by atoms with Crippen molar-refractivity contribution in [2.45, 2.75) is 11.9 Å². The zero-order valence-electron chi connectivity index (χ0n) is 4.70. The predicted octanol–water partition coefficient (Wildman–Crippen LogP) is -3.01. The first-order valence-electron chi connectivity index (χ1n) is 2.45. The number of nitrogens with one attached hydrogen (secondary N) is 1. The van der Waals surface area contributed by atoms with Gasteiger partial charge in [0, 0.05) is 6.42 Å². The molecule has 0 amide bonds. The van der Waals surface area contributed by atoms with E-state index in [2.05, 4.69) is 19.3 Å². The molecule has 0 aromatic carbocycles. The highest BCUT2D eigenvalue weighted by Gasteiger charge is 2.15. The Morgan fingerprint density at radius 3 is 2.50 bits per heavy atom. The second-order valence-corrected chi connectivity index (χ2v) is 2.38. The van der Waals surface area contributed by atoms with Gasteiger partial charge in [-0.15, -0.1) is 0 Å². The van der Waals surface area contributed by atoms with Crippen molar-refractivity contribution in [1.29, 1.82) is 0 Å². The van der Waals surface area contributed by atoms with Gasteiger partial charge in [0.2, 0.25) is 0 Å². The molecule has 0 fully saturated rings. The molecule has 1 aliphatic rings. The Kier molecular flexibility index (Phi) is 3.45. The molecule has 48 valence electrons. The maximum Gasteiger partial charge on any atom is 0.171 e. The van der Waals surface area contributed by atoms with Crippen molar-refractivity contribution in [3.63, 3.8) is 0 Å². The van der Waals surface area contributed by atoms with Gasteiger partial charge in [-0.2, -0.15) is 0 Å². The molecule has 0 saturated carbocycles. The second-order valence-electron chi connectivity index (χ2n) is 1.85. The number of hydrogen-bond acceptors (Lipinski definition) is 0. The van der Waals surface area contributed by atoms with Crippen LogP contribution in [-0.4, -0.2) is 12.5 Å². The standard InChI is InChI=1S/C5H8ClN.ClH/c1-7-4-2-3-5(7)6;/h2,4-5H,3H2,1H3;1H. The summed E-state index contributed by atoms with van der Waals surface area (Å²) >= 11 is 5.76. The summed E-state index contributed by atoms with van der Waals surface area (Å²) in [6.45, 7) is 0. The van der Waals surface area contributed by atoms with E-state index in [0.29, 0.717) is 5.50 Å². The molecular formula is C5H9Cl2N. The third-order valence-corrected chi connectivity index (χ3v) is 1.74. The monoisotopic (exact) mass is 153 g/mol. The van der Waals surface area contributed by atoms with Crippen LogP contribution in [-0.2, 0) is 0 Å². The molecule has 0 aromatic rings. The minimum Gasteiger partial charge on any atom is -1.00 e. The summed E-state index contributed by atoms with van der Waals surface area (Å²) in [5.74, 6) is 0. The lowest BCUT2D eigenvalue weighted by atomic mass is 10.5. The first kappa shape index (κ1) is 8.28. The van der Waals surface area contributed by atoms with Gasteiger partial charge in [-0.1, -0.05) is 11.6 Å². The quantitative estimate of drug-likeness (QED) is 0.280. The van der Waals surface area contributed by atoms with Gasteiger partial charge < -0.3 is 12.4 Å². The molecule has 2 atom stereocenters. The fourth-order valence-electron chi connectivity index (χ4n) is 0.664. The van der Waals surface area contributed by atoms with Crippen molar-refractivity contribution in [2.75, 3.05) is 7.05 Å². The summed E-state index contributed by atoms with van der Waals surface area (Å²) < 4.78 is 0. The Labute approximate surface area is 60.7 Å². The molecule has 0 spiro atoms. The largest absolute Gasteiger partial charge is 1.00 e. The normalized spacial score (nSPS) is 34.8. The molecule has 1 heterocycles. The summed E-state index contributed by atoms with van der Waals surface area (Å²) in [5.41, 5.74) is 0.292. The summed E-state index contributed by atoms with van der Waals surface area (Å²) in [7, 11) is 2.06. The fraction of sp³-hybridized carbons (Fsp3) is 0.600. The van der Waals surface area contributed by atoms with Crippen LogP contribution in [0.15, 0.2) is 12.3 Å². The lowest BCUT2D eigenvalue weighted by Crippen LogP contribution is -3.05. The topological polar surface area (TPSA) is 4.44 Å². The lowest BCUT2D eigenvalue weighted by molar-refractivity contribution is -0.831. The van der Waals surface area contributed by atoms with Gasteiger partial charge in [-0.25, -0.2) is 0 Å². The fourth-order valence-corrected chi connectivity index (χ4v) is 0.839. The molecule has 0 aromatic heterocycles. The van der Waals surface area contributed by atoms with Crippen LogP contribution in [0.4, 0.5) is 0 Å². The van der Waals surface area contributed by atoms with Crippen molar-refractivity contribution in [2.24, 2.45) is 0 Å². The molecular weight excluding hydrogens is 145 g/mol. The average Bonchev–Trinajstić information content (AvgIpc) is 1.91. The molecule has 2 unspecified atom stereocenters. The van der Waals surface area contributed by atoms with Crippen molar-refractivity contribution in [1.82, 2.24) is 0 Å². The average molecular weight is 154 g/mol. The van der Waals surface area contributed by atoms with Crippen LogP contribution in [0, 0.1) is 0 Å². The van der Waals surface area contributed by atoms with Crippen LogP contribution in [0.1, 0.15) is 6.42 Å². The Balaban J connectivity index is 0.000000490. The number of alkyl halides is 1. The third-order valence-electron chi connectivity index (χ3n) is 1.22. The van der Waals surface area contributed by atoms with Crippen molar-refractivity contribution >= 4 is 11.6 Å². The first-order valence-corrected chi connectivity index (χ1v) is 2.88. The smallest absolute Gasteiger partial charge is 0.171 e. The van der Waals surface area contributed by atoms with E-state index >= 15 is 0 Å². The number of hydrogen-bond donors (Lipinski definition) is 1. The number of quaternary nitrogens is 1. The number of rotatable bonds is 0. The van der Waals surface area contributed by atoms with E-state index in [9.17, 15) is 0 Å². The van der Waals surface area contributed by atoms with Crippen molar-refractivity contribution in [3.05, 3.63) is 12.3 Å². The van der Waals surface area contributed by atoms with E-state index < -0.39 is 0 Å². The lowest BCUT2D eigenvalue weighted by Gasteiger charge is -2.05. The van der Waals surface area contributed by atoms with Crippen molar-refractivity contribution in [3.8, 4) is 0 Å². The first-order chi connectivity index (χ1) is 3.30. The highest BCUT2D eigenvalue weighted by molar-refractivity contribution is 6.19. The van der Waals surface area contributed by atoms with Crippen molar-refractivity contribution < 1.29 is 17.3 Å². The van der Waals surface area contributed by atoms with Gasteiger partial charge >= 0.3 is 0 Å². The SMILES string of the molecule is C[NH+]1C=CCC1Cl.[Cl-]. The molecule has 0 bridgehead atoms. The van der Waals surface area contributed by atoms with E-state index in [-0.39, 0.29) is 12.4 Å². The minimum absolute atomic E-state index is 0. The van der Waals surface area contributed by atoms with E-state index in [1.807, 2.05) is 0 Å². The third kappa shape index (κ3) is 1.66. The Morgan fingerprint density at radius 1 is 1.75 bits per heavy atom. The summed E-state index contributed by atoms with van der Waals surface area (Å²) in [4.78, 5) is 1.29. The molecule has 0 radical (unpaired) electrons. The van der Waals surface area contributed by atoms with E-state index in [1.54, 1.807) is 0 Å². The molecule has 3 heteroatoms. The zero-order valence-corrected chi connectivity index (χ0v) is 6.21. The summed E-state index contributed by atoms with van der Waals surface area (Å²) in [6.07, 6.45) is 5.21. The molecule has 0 aliphatic carbocycles. The minimum atomic E-state index is 0. The van der Waals surface area contributed by atoms with Gasteiger partial charge in [0.05, 0.1) is 13.2 Å². The molecule has 8 heavy (non-hydrogen) atoms.